The van der Waals surface area contributed by atoms with E-state index in [1.807, 2.05) is 7.05 Å². The molecule has 1 aliphatic rings. The van der Waals surface area contributed by atoms with Crippen molar-refractivity contribution in [3.05, 3.63) is 11.1 Å². The second-order valence-electron chi connectivity index (χ2n) is 5.21. The lowest BCUT2D eigenvalue weighted by molar-refractivity contribution is 0.422. The molecule has 2 heterocycles. The van der Waals surface area contributed by atoms with Crippen LogP contribution in [0.4, 0.5) is 5.13 Å². The highest BCUT2D eigenvalue weighted by Gasteiger charge is 2.26. The number of aromatic nitrogens is 1. The molecule has 1 aromatic heterocycles. The Bertz CT molecular complexity index is 348. The van der Waals surface area contributed by atoms with Crippen molar-refractivity contribution in [1.29, 1.82) is 0 Å². The van der Waals surface area contributed by atoms with Crippen LogP contribution in [-0.2, 0) is 6.42 Å². The zero-order valence-corrected chi connectivity index (χ0v) is 11.9. The molecule has 17 heavy (non-hydrogen) atoms. The molecule has 1 fully saturated rings. The summed E-state index contributed by atoms with van der Waals surface area (Å²) in [7, 11) is 1.99. The molecule has 1 aromatic rings. The number of rotatable bonds is 5. The second-order valence-corrected chi connectivity index (χ2v) is 6.05. The summed E-state index contributed by atoms with van der Waals surface area (Å²) in [4.78, 5) is 7.18. The first-order valence-corrected chi connectivity index (χ1v) is 7.42. The second kappa shape index (κ2) is 5.83. The van der Waals surface area contributed by atoms with Crippen LogP contribution in [0.5, 0.6) is 0 Å². The molecule has 0 aliphatic carbocycles. The van der Waals surface area contributed by atoms with E-state index < -0.39 is 0 Å². The van der Waals surface area contributed by atoms with Crippen LogP contribution >= 0.6 is 11.3 Å². The van der Waals surface area contributed by atoms with Gasteiger partial charge in [0.25, 0.3) is 0 Å². The fraction of sp³-hybridized carbons (Fsp3) is 0.769. The highest BCUT2D eigenvalue weighted by atomic mass is 32.1. The van der Waals surface area contributed by atoms with Gasteiger partial charge in [0.2, 0.25) is 0 Å². The van der Waals surface area contributed by atoms with E-state index in [9.17, 15) is 0 Å². The zero-order valence-electron chi connectivity index (χ0n) is 11.1. The Labute approximate surface area is 108 Å². The van der Waals surface area contributed by atoms with Gasteiger partial charge in [-0.05, 0) is 25.3 Å². The first-order chi connectivity index (χ1) is 8.20. The molecule has 96 valence electrons. The Kier molecular flexibility index (Phi) is 4.40. The Balaban J connectivity index is 1.92. The van der Waals surface area contributed by atoms with E-state index in [2.05, 4.69) is 29.4 Å². The number of likely N-dealkylation sites (N-methyl/N-ethyl adjacent to an activating group) is 1. The van der Waals surface area contributed by atoms with Gasteiger partial charge in [0, 0.05) is 31.4 Å². The first kappa shape index (κ1) is 12.8. The minimum atomic E-state index is 0.795. The minimum Gasteiger partial charge on any atom is -0.348 e. The van der Waals surface area contributed by atoms with Gasteiger partial charge < -0.3 is 10.2 Å². The lowest BCUT2D eigenvalue weighted by atomic mass is 9.95. The molecular weight excluding hydrogens is 230 g/mol. The van der Waals surface area contributed by atoms with E-state index in [0.717, 1.165) is 24.8 Å². The third kappa shape index (κ3) is 3.19. The highest BCUT2D eigenvalue weighted by Crippen LogP contribution is 2.30. The molecule has 2 rings (SSSR count). The van der Waals surface area contributed by atoms with Crippen molar-refractivity contribution in [3.63, 3.8) is 0 Å². The third-order valence-electron chi connectivity index (χ3n) is 3.61. The van der Waals surface area contributed by atoms with Crippen LogP contribution in [-0.4, -0.2) is 31.7 Å². The summed E-state index contributed by atoms with van der Waals surface area (Å²) in [5.41, 5.74) is 1.23. The van der Waals surface area contributed by atoms with Crippen LogP contribution in [0.15, 0.2) is 5.38 Å². The highest BCUT2D eigenvalue weighted by molar-refractivity contribution is 7.13. The van der Waals surface area contributed by atoms with Crippen molar-refractivity contribution in [2.24, 2.45) is 11.8 Å². The standard InChI is InChI=1S/C13H23N3S/c1-10(2)11-5-7-16(8-11)13-15-12(9-17-13)4-6-14-3/h9-11,14H,4-8H2,1-3H3. The van der Waals surface area contributed by atoms with Crippen LogP contribution in [0.2, 0.25) is 0 Å². The number of nitrogens with one attached hydrogen (secondary N) is 1. The molecule has 0 radical (unpaired) electrons. The summed E-state index contributed by atoms with van der Waals surface area (Å²) >= 11 is 1.80. The summed E-state index contributed by atoms with van der Waals surface area (Å²) in [6.07, 6.45) is 2.36. The van der Waals surface area contributed by atoms with Crippen LogP contribution in [0.3, 0.4) is 0 Å². The van der Waals surface area contributed by atoms with E-state index >= 15 is 0 Å². The Hall–Kier alpha value is -0.610. The molecule has 0 aromatic carbocycles. The average Bonchev–Trinajstić information content (AvgIpc) is 2.94. The van der Waals surface area contributed by atoms with Gasteiger partial charge >= 0.3 is 0 Å². The average molecular weight is 253 g/mol. The maximum Gasteiger partial charge on any atom is 0.185 e. The molecule has 1 saturated heterocycles. The van der Waals surface area contributed by atoms with Gasteiger partial charge in [0.05, 0.1) is 5.69 Å². The predicted octanol–water partition coefficient (Wildman–Crippen LogP) is 2.39. The van der Waals surface area contributed by atoms with Gasteiger partial charge in [0.15, 0.2) is 5.13 Å². The minimum absolute atomic E-state index is 0.795. The number of nitrogens with zero attached hydrogens (tertiary/aromatic N) is 2. The maximum atomic E-state index is 4.73. The smallest absolute Gasteiger partial charge is 0.185 e. The van der Waals surface area contributed by atoms with Crippen molar-refractivity contribution in [3.8, 4) is 0 Å². The van der Waals surface area contributed by atoms with Crippen LogP contribution in [0.25, 0.3) is 0 Å². The Morgan fingerprint density at radius 1 is 1.59 bits per heavy atom. The molecule has 4 heteroatoms. The number of hydrogen-bond donors (Lipinski definition) is 1. The normalized spacial score (nSPS) is 20.5. The first-order valence-electron chi connectivity index (χ1n) is 6.54. The monoisotopic (exact) mass is 253 g/mol. The third-order valence-corrected chi connectivity index (χ3v) is 4.56. The summed E-state index contributed by atoms with van der Waals surface area (Å²) in [5, 5.41) is 6.59. The van der Waals surface area contributed by atoms with Gasteiger partial charge in [-0.15, -0.1) is 11.3 Å². The fourth-order valence-corrected chi connectivity index (χ4v) is 3.21. The van der Waals surface area contributed by atoms with Crippen molar-refractivity contribution in [2.75, 3.05) is 31.6 Å². The molecular formula is C13H23N3S. The quantitative estimate of drug-likeness (QED) is 0.873. The summed E-state index contributed by atoms with van der Waals surface area (Å²) in [5.74, 6) is 1.64. The van der Waals surface area contributed by atoms with Crippen LogP contribution < -0.4 is 10.2 Å². The number of thiazole rings is 1. The van der Waals surface area contributed by atoms with Gasteiger partial charge in [-0.3, -0.25) is 0 Å². The summed E-state index contributed by atoms with van der Waals surface area (Å²) in [6.45, 7) is 8.04. The molecule has 0 bridgehead atoms. The molecule has 1 aliphatic heterocycles. The largest absolute Gasteiger partial charge is 0.348 e. The summed E-state index contributed by atoms with van der Waals surface area (Å²) in [6, 6.07) is 0. The van der Waals surface area contributed by atoms with Crippen molar-refractivity contribution >= 4 is 16.5 Å². The predicted molar refractivity (Wildman–Crippen MR) is 74.9 cm³/mol. The SMILES string of the molecule is CNCCc1csc(N2CCC(C(C)C)C2)n1. The Morgan fingerprint density at radius 2 is 2.41 bits per heavy atom. The van der Waals surface area contributed by atoms with Crippen molar-refractivity contribution in [1.82, 2.24) is 10.3 Å². The van der Waals surface area contributed by atoms with Gasteiger partial charge in [-0.1, -0.05) is 13.8 Å². The van der Waals surface area contributed by atoms with Gasteiger partial charge in [0.1, 0.15) is 0 Å². The van der Waals surface area contributed by atoms with E-state index in [0.29, 0.717) is 0 Å². The Morgan fingerprint density at radius 3 is 3.06 bits per heavy atom. The molecule has 3 nitrogen and oxygen atoms in total. The van der Waals surface area contributed by atoms with E-state index in [1.165, 1.54) is 30.3 Å². The van der Waals surface area contributed by atoms with Crippen molar-refractivity contribution < 1.29 is 0 Å². The fourth-order valence-electron chi connectivity index (χ4n) is 2.31. The molecule has 1 atom stereocenters. The maximum absolute atomic E-state index is 4.73. The van der Waals surface area contributed by atoms with Gasteiger partial charge in [-0.2, -0.15) is 0 Å². The van der Waals surface area contributed by atoms with E-state index in [4.69, 9.17) is 4.98 Å². The lowest BCUT2D eigenvalue weighted by Crippen LogP contribution is -2.21. The summed E-state index contributed by atoms with van der Waals surface area (Å²) < 4.78 is 0. The van der Waals surface area contributed by atoms with E-state index in [-0.39, 0.29) is 0 Å². The lowest BCUT2D eigenvalue weighted by Gasteiger charge is -2.16. The van der Waals surface area contributed by atoms with Crippen molar-refractivity contribution in [2.45, 2.75) is 26.7 Å². The molecule has 0 spiro atoms. The van der Waals surface area contributed by atoms with E-state index in [1.54, 1.807) is 11.3 Å². The molecule has 1 N–H and O–H groups in total. The van der Waals surface area contributed by atoms with Crippen LogP contribution in [0.1, 0.15) is 26.0 Å². The topological polar surface area (TPSA) is 28.2 Å². The molecule has 1 unspecified atom stereocenters. The molecule has 0 amide bonds. The molecule has 0 saturated carbocycles. The number of anilines is 1. The zero-order chi connectivity index (χ0) is 12.3. The number of hydrogen-bond acceptors (Lipinski definition) is 4. The van der Waals surface area contributed by atoms with Gasteiger partial charge in [-0.25, -0.2) is 4.98 Å². The van der Waals surface area contributed by atoms with Crippen LogP contribution in [0, 0.1) is 11.8 Å².